The van der Waals surface area contributed by atoms with Crippen molar-refractivity contribution in [2.45, 2.75) is 45.1 Å². The third-order valence-electron chi connectivity index (χ3n) is 3.88. The van der Waals surface area contributed by atoms with Crippen LogP contribution in [0.2, 0.25) is 0 Å². The minimum Gasteiger partial charge on any atom is -0.326 e. The Balaban J connectivity index is 2.26. The molecule has 17 heavy (non-hydrogen) atoms. The lowest BCUT2D eigenvalue weighted by molar-refractivity contribution is 0.418. The highest BCUT2D eigenvalue weighted by atomic mass is 15.0. The molecule has 0 aromatic carbocycles. The van der Waals surface area contributed by atoms with Crippen molar-refractivity contribution in [2.24, 2.45) is 5.73 Å². The van der Waals surface area contributed by atoms with E-state index in [0.717, 1.165) is 17.6 Å². The summed E-state index contributed by atoms with van der Waals surface area (Å²) in [5.74, 6) is 0. The summed E-state index contributed by atoms with van der Waals surface area (Å²) in [7, 11) is 0. The van der Waals surface area contributed by atoms with Gasteiger partial charge in [-0.25, -0.2) is 4.98 Å². The maximum atomic E-state index is 5.68. The van der Waals surface area contributed by atoms with Gasteiger partial charge in [0, 0.05) is 23.9 Å². The molecule has 0 aliphatic heterocycles. The van der Waals surface area contributed by atoms with Crippen LogP contribution in [0, 0.1) is 0 Å². The first kappa shape index (κ1) is 10.8. The van der Waals surface area contributed by atoms with Crippen molar-refractivity contribution in [2.75, 3.05) is 0 Å². The van der Waals surface area contributed by atoms with Crippen LogP contribution in [0.5, 0.6) is 0 Å². The molecule has 1 aliphatic rings. The molecule has 1 aliphatic carbocycles. The van der Waals surface area contributed by atoms with Crippen molar-refractivity contribution in [1.82, 2.24) is 9.38 Å². The molecule has 0 bridgehead atoms. The van der Waals surface area contributed by atoms with Crippen LogP contribution >= 0.6 is 0 Å². The Kier molecular flexibility index (Phi) is 2.26. The van der Waals surface area contributed by atoms with Crippen molar-refractivity contribution in [3.05, 3.63) is 35.3 Å². The standard InChI is InChI=1S/C14H19N3/c1-14(2)6-3-4-11-13(14)16-12-8-10(9-15)5-7-17(11)12/h5,7-8H,3-4,6,9,15H2,1-2H3. The topological polar surface area (TPSA) is 43.3 Å². The fraction of sp³-hybridized carbons (Fsp3) is 0.500. The molecule has 0 saturated carbocycles. The monoisotopic (exact) mass is 229 g/mol. The van der Waals surface area contributed by atoms with Crippen LogP contribution in [0.15, 0.2) is 18.3 Å². The van der Waals surface area contributed by atoms with E-state index in [1.807, 2.05) is 0 Å². The summed E-state index contributed by atoms with van der Waals surface area (Å²) in [6.45, 7) is 5.17. The smallest absolute Gasteiger partial charge is 0.137 e. The van der Waals surface area contributed by atoms with Gasteiger partial charge >= 0.3 is 0 Å². The molecule has 2 N–H and O–H groups in total. The van der Waals surface area contributed by atoms with Gasteiger partial charge in [-0.1, -0.05) is 13.8 Å². The van der Waals surface area contributed by atoms with Gasteiger partial charge in [-0.15, -0.1) is 0 Å². The van der Waals surface area contributed by atoms with Gasteiger partial charge in [0.25, 0.3) is 0 Å². The normalized spacial score (nSPS) is 18.3. The quantitative estimate of drug-likeness (QED) is 0.816. The average Bonchev–Trinajstić information content (AvgIpc) is 2.68. The van der Waals surface area contributed by atoms with Crippen molar-refractivity contribution in [3.8, 4) is 0 Å². The maximum Gasteiger partial charge on any atom is 0.137 e. The lowest BCUT2D eigenvalue weighted by Gasteiger charge is -2.28. The lowest BCUT2D eigenvalue weighted by atomic mass is 9.78. The Labute approximate surface area is 102 Å². The van der Waals surface area contributed by atoms with E-state index in [1.54, 1.807) is 0 Å². The Morgan fingerprint density at radius 1 is 1.47 bits per heavy atom. The zero-order valence-electron chi connectivity index (χ0n) is 10.5. The highest BCUT2D eigenvalue weighted by molar-refractivity contribution is 5.48. The van der Waals surface area contributed by atoms with Gasteiger partial charge in [0.15, 0.2) is 0 Å². The van der Waals surface area contributed by atoms with Crippen molar-refractivity contribution in [1.29, 1.82) is 0 Å². The number of imidazole rings is 1. The van der Waals surface area contributed by atoms with Crippen LogP contribution in [0.3, 0.4) is 0 Å². The molecule has 0 spiro atoms. The van der Waals surface area contributed by atoms with Crippen LogP contribution in [0.4, 0.5) is 0 Å². The van der Waals surface area contributed by atoms with Gasteiger partial charge in [0.1, 0.15) is 5.65 Å². The van der Waals surface area contributed by atoms with Crippen LogP contribution in [-0.2, 0) is 18.4 Å². The van der Waals surface area contributed by atoms with E-state index in [1.165, 1.54) is 24.2 Å². The molecule has 0 atom stereocenters. The lowest BCUT2D eigenvalue weighted by Crippen LogP contribution is -2.24. The first-order valence-corrected chi connectivity index (χ1v) is 6.32. The van der Waals surface area contributed by atoms with E-state index in [-0.39, 0.29) is 5.41 Å². The van der Waals surface area contributed by atoms with E-state index in [9.17, 15) is 0 Å². The summed E-state index contributed by atoms with van der Waals surface area (Å²) in [5, 5.41) is 0. The summed E-state index contributed by atoms with van der Waals surface area (Å²) < 4.78 is 2.23. The predicted octanol–water partition coefficient (Wildman–Crippen LogP) is 2.41. The summed E-state index contributed by atoms with van der Waals surface area (Å²) >= 11 is 0. The summed E-state index contributed by atoms with van der Waals surface area (Å²) in [5.41, 5.74) is 10.8. The third kappa shape index (κ3) is 1.57. The molecule has 90 valence electrons. The van der Waals surface area contributed by atoms with Crippen LogP contribution in [-0.4, -0.2) is 9.38 Å². The summed E-state index contributed by atoms with van der Waals surface area (Å²) in [6, 6.07) is 4.20. The second kappa shape index (κ2) is 3.57. The number of nitrogens with zero attached hydrogens (tertiary/aromatic N) is 2. The van der Waals surface area contributed by atoms with E-state index in [0.29, 0.717) is 6.54 Å². The molecule has 0 saturated heterocycles. The zero-order valence-corrected chi connectivity index (χ0v) is 10.5. The Bertz CT molecular complexity index is 566. The highest BCUT2D eigenvalue weighted by Crippen LogP contribution is 2.36. The number of nitrogens with two attached hydrogens (primary N) is 1. The zero-order chi connectivity index (χ0) is 12.0. The number of aromatic nitrogens is 2. The molecule has 2 aromatic heterocycles. The molecular formula is C14H19N3. The molecular weight excluding hydrogens is 210 g/mol. The molecule has 3 rings (SSSR count). The molecule has 3 heteroatoms. The molecule has 0 amide bonds. The summed E-state index contributed by atoms with van der Waals surface area (Å²) in [4.78, 5) is 4.82. The molecule has 2 heterocycles. The fourth-order valence-electron chi connectivity index (χ4n) is 2.86. The first-order chi connectivity index (χ1) is 8.12. The van der Waals surface area contributed by atoms with Gasteiger partial charge in [0.05, 0.1) is 5.69 Å². The summed E-state index contributed by atoms with van der Waals surface area (Å²) in [6.07, 6.45) is 5.74. The van der Waals surface area contributed by atoms with Gasteiger partial charge < -0.3 is 10.1 Å². The van der Waals surface area contributed by atoms with Gasteiger partial charge in [-0.3, -0.25) is 0 Å². The third-order valence-corrected chi connectivity index (χ3v) is 3.88. The first-order valence-electron chi connectivity index (χ1n) is 6.32. The van der Waals surface area contributed by atoms with E-state index >= 15 is 0 Å². The number of hydrogen-bond donors (Lipinski definition) is 1. The minimum absolute atomic E-state index is 0.211. The second-order valence-electron chi connectivity index (χ2n) is 5.61. The number of rotatable bonds is 1. The van der Waals surface area contributed by atoms with Crippen LogP contribution in [0.1, 0.15) is 43.6 Å². The van der Waals surface area contributed by atoms with Gasteiger partial charge in [-0.2, -0.15) is 0 Å². The molecule has 0 radical (unpaired) electrons. The second-order valence-corrected chi connectivity index (χ2v) is 5.61. The Morgan fingerprint density at radius 2 is 2.29 bits per heavy atom. The predicted molar refractivity (Wildman–Crippen MR) is 69.0 cm³/mol. The average molecular weight is 229 g/mol. The largest absolute Gasteiger partial charge is 0.326 e. The van der Waals surface area contributed by atoms with Crippen molar-refractivity contribution < 1.29 is 0 Å². The maximum absolute atomic E-state index is 5.68. The molecule has 0 fully saturated rings. The number of pyridine rings is 1. The SMILES string of the molecule is CC1(C)CCCc2c1nc1cc(CN)ccn21. The number of fused-ring (bicyclic) bond motifs is 3. The van der Waals surface area contributed by atoms with E-state index in [4.69, 9.17) is 10.7 Å². The molecule has 0 unspecified atom stereocenters. The fourth-order valence-corrected chi connectivity index (χ4v) is 2.86. The number of aryl methyl sites for hydroxylation is 1. The molecule has 3 nitrogen and oxygen atoms in total. The van der Waals surface area contributed by atoms with E-state index < -0.39 is 0 Å². The minimum atomic E-state index is 0.211. The number of hydrogen-bond acceptors (Lipinski definition) is 2. The van der Waals surface area contributed by atoms with Gasteiger partial charge in [0.2, 0.25) is 0 Å². The van der Waals surface area contributed by atoms with Crippen LogP contribution < -0.4 is 5.73 Å². The van der Waals surface area contributed by atoms with E-state index in [2.05, 4.69) is 36.6 Å². The Morgan fingerprint density at radius 3 is 3.06 bits per heavy atom. The highest BCUT2D eigenvalue weighted by Gasteiger charge is 2.31. The van der Waals surface area contributed by atoms with Crippen molar-refractivity contribution >= 4 is 5.65 Å². The Hall–Kier alpha value is -1.35. The van der Waals surface area contributed by atoms with Crippen LogP contribution in [0.25, 0.3) is 5.65 Å². The van der Waals surface area contributed by atoms with Gasteiger partial charge in [-0.05, 0) is 37.0 Å². The molecule has 2 aromatic rings. The van der Waals surface area contributed by atoms with Crippen molar-refractivity contribution in [3.63, 3.8) is 0 Å².